The minimum atomic E-state index is -3.53. The Hall–Kier alpha value is -1.40. The van der Waals surface area contributed by atoms with Crippen LogP contribution in [0, 0.1) is 9.49 Å². The zero-order valence-electron chi connectivity index (χ0n) is 17.4. The van der Waals surface area contributed by atoms with Gasteiger partial charge >= 0.3 is 6.09 Å². The lowest BCUT2D eigenvalue weighted by atomic mass is 9.96. The molecule has 1 aliphatic heterocycles. The molecular formula is C19H28IN3O5S. The van der Waals surface area contributed by atoms with Gasteiger partial charge in [-0.3, -0.25) is 4.79 Å². The molecule has 0 aromatic heterocycles. The molecule has 0 radical (unpaired) electrons. The number of nitrogens with zero attached hydrogens (tertiary/aromatic N) is 2. The zero-order valence-corrected chi connectivity index (χ0v) is 20.3. The molecule has 1 N–H and O–H groups in total. The van der Waals surface area contributed by atoms with E-state index in [-0.39, 0.29) is 22.8 Å². The third-order valence-corrected chi connectivity index (χ3v) is 7.20. The van der Waals surface area contributed by atoms with Crippen molar-refractivity contribution in [1.29, 1.82) is 0 Å². The molecule has 0 spiro atoms. The summed E-state index contributed by atoms with van der Waals surface area (Å²) in [7, 11) is -0.579. The van der Waals surface area contributed by atoms with E-state index in [1.165, 1.54) is 26.2 Å². The van der Waals surface area contributed by atoms with Crippen molar-refractivity contribution in [2.24, 2.45) is 5.92 Å². The third-order valence-electron chi connectivity index (χ3n) is 4.49. The maximum atomic E-state index is 12.6. The van der Waals surface area contributed by atoms with Gasteiger partial charge in [-0.05, 0) is 74.4 Å². The highest BCUT2D eigenvalue weighted by Gasteiger charge is 2.30. The highest BCUT2D eigenvalue weighted by atomic mass is 127. The van der Waals surface area contributed by atoms with Gasteiger partial charge in [0.1, 0.15) is 5.60 Å². The van der Waals surface area contributed by atoms with Gasteiger partial charge in [-0.25, -0.2) is 17.5 Å². The van der Waals surface area contributed by atoms with Gasteiger partial charge in [0.2, 0.25) is 15.9 Å². The number of nitrogens with one attached hydrogen (secondary N) is 1. The van der Waals surface area contributed by atoms with Crippen LogP contribution < -0.4 is 5.32 Å². The summed E-state index contributed by atoms with van der Waals surface area (Å²) in [6, 6.07) is 4.63. The largest absolute Gasteiger partial charge is 0.444 e. The Morgan fingerprint density at radius 2 is 1.79 bits per heavy atom. The number of hydrogen-bond acceptors (Lipinski definition) is 5. The molecule has 1 aliphatic rings. The highest BCUT2D eigenvalue weighted by Crippen LogP contribution is 2.26. The van der Waals surface area contributed by atoms with Crippen LogP contribution in [-0.2, 0) is 19.6 Å². The van der Waals surface area contributed by atoms with E-state index in [0.29, 0.717) is 35.2 Å². The summed E-state index contributed by atoms with van der Waals surface area (Å²) in [5.74, 6) is -0.343. The van der Waals surface area contributed by atoms with Crippen LogP contribution in [0.1, 0.15) is 33.6 Å². The quantitative estimate of drug-likeness (QED) is 0.596. The summed E-state index contributed by atoms with van der Waals surface area (Å²) in [4.78, 5) is 26.6. The fourth-order valence-electron chi connectivity index (χ4n) is 2.85. The minimum absolute atomic E-state index is 0.130. The van der Waals surface area contributed by atoms with Crippen LogP contribution >= 0.6 is 22.6 Å². The Balaban J connectivity index is 1.97. The standard InChI is InChI=1S/C19H28IN3O5S/c1-19(2,3)28-18(25)23-10-8-13(9-11-23)17(24)21-16-7-6-14(12-15(16)20)29(26,27)22(4)5/h6-7,12-13H,8-11H2,1-5H3,(H,21,24). The molecule has 2 rings (SSSR count). The number of sulfonamides is 1. The molecule has 29 heavy (non-hydrogen) atoms. The van der Waals surface area contributed by atoms with Gasteiger partial charge in [0.15, 0.2) is 0 Å². The van der Waals surface area contributed by atoms with Crippen molar-refractivity contribution in [3.63, 3.8) is 0 Å². The molecule has 10 heteroatoms. The molecule has 1 fully saturated rings. The van der Waals surface area contributed by atoms with Crippen molar-refractivity contribution in [2.45, 2.75) is 44.1 Å². The van der Waals surface area contributed by atoms with Gasteiger partial charge in [-0.15, -0.1) is 0 Å². The molecule has 1 aromatic rings. The number of likely N-dealkylation sites (tertiary alicyclic amines) is 1. The van der Waals surface area contributed by atoms with Crippen LogP contribution in [0.2, 0.25) is 0 Å². The van der Waals surface area contributed by atoms with Crippen molar-refractivity contribution in [1.82, 2.24) is 9.21 Å². The average Bonchev–Trinajstić information content (AvgIpc) is 2.61. The first-order chi connectivity index (χ1) is 13.3. The van der Waals surface area contributed by atoms with Gasteiger partial charge in [-0.1, -0.05) is 0 Å². The van der Waals surface area contributed by atoms with E-state index in [9.17, 15) is 18.0 Å². The van der Waals surface area contributed by atoms with E-state index in [1.54, 1.807) is 11.0 Å². The summed E-state index contributed by atoms with van der Waals surface area (Å²) < 4.78 is 31.6. The first-order valence-corrected chi connectivity index (χ1v) is 11.8. The minimum Gasteiger partial charge on any atom is -0.444 e. The van der Waals surface area contributed by atoms with Gasteiger partial charge in [0.25, 0.3) is 0 Å². The van der Waals surface area contributed by atoms with E-state index in [4.69, 9.17) is 4.74 Å². The molecule has 2 amide bonds. The number of rotatable bonds is 4. The fraction of sp³-hybridized carbons (Fsp3) is 0.579. The number of hydrogen-bond donors (Lipinski definition) is 1. The molecule has 162 valence electrons. The van der Waals surface area contributed by atoms with Crippen LogP contribution in [0.3, 0.4) is 0 Å². The molecule has 0 bridgehead atoms. The lowest BCUT2D eigenvalue weighted by Crippen LogP contribution is -2.43. The second-order valence-corrected chi connectivity index (χ2v) is 11.5. The van der Waals surface area contributed by atoms with Crippen LogP contribution in [0.25, 0.3) is 0 Å². The van der Waals surface area contributed by atoms with E-state index in [0.717, 1.165) is 4.31 Å². The Morgan fingerprint density at radius 1 is 1.21 bits per heavy atom. The topological polar surface area (TPSA) is 96.0 Å². The Labute approximate surface area is 186 Å². The lowest BCUT2D eigenvalue weighted by Gasteiger charge is -2.33. The highest BCUT2D eigenvalue weighted by molar-refractivity contribution is 14.1. The zero-order chi connectivity index (χ0) is 22.0. The van der Waals surface area contributed by atoms with Crippen molar-refractivity contribution in [3.05, 3.63) is 21.8 Å². The van der Waals surface area contributed by atoms with E-state index < -0.39 is 15.6 Å². The smallest absolute Gasteiger partial charge is 0.410 e. The van der Waals surface area contributed by atoms with Gasteiger partial charge < -0.3 is 15.0 Å². The van der Waals surface area contributed by atoms with E-state index in [1.807, 2.05) is 43.4 Å². The molecular weight excluding hydrogens is 509 g/mol. The monoisotopic (exact) mass is 537 g/mol. The normalized spacial score (nSPS) is 16.0. The summed E-state index contributed by atoms with van der Waals surface area (Å²) >= 11 is 2.01. The predicted molar refractivity (Wildman–Crippen MR) is 119 cm³/mol. The fourth-order valence-corrected chi connectivity index (χ4v) is 4.64. The van der Waals surface area contributed by atoms with Gasteiger partial charge in [0.05, 0.1) is 10.6 Å². The second kappa shape index (κ2) is 9.17. The van der Waals surface area contributed by atoms with E-state index >= 15 is 0 Å². The second-order valence-electron chi connectivity index (χ2n) is 8.16. The van der Waals surface area contributed by atoms with Crippen LogP contribution in [0.4, 0.5) is 10.5 Å². The van der Waals surface area contributed by atoms with E-state index in [2.05, 4.69) is 5.32 Å². The lowest BCUT2D eigenvalue weighted by molar-refractivity contribution is -0.121. The Bertz CT molecular complexity index is 872. The number of piperidine rings is 1. The molecule has 1 heterocycles. The molecule has 1 saturated heterocycles. The molecule has 8 nitrogen and oxygen atoms in total. The SMILES string of the molecule is CN(C)S(=O)(=O)c1ccc(NC(=O)C2CCN(C(=O)OC(C)(C)C)CC2)c(I)c1. The van der Waals surface area contributed by atoms with Crippen LogP contribution in [0.15, 0.2) is 23.1 Å². The average molecular weight is 537 g/mol. The number of carbonyl (C=O) groups excluding carboxylic acids is 2. The van der Waals surface area contributed by atoms with Crippen molar-refractivity contribution >= 4 is 50.3 Å². The van der Waals surface area contributed by atoms with Crippen LogP contribution in [0.5, 0.6) is 0 Å². The third kappa shape index (κ3) is 6.29. The number of halogens is 1. The number of amides is 2. The Kier molecular flexibility index (Phi) is 7.55. The number of anilines is 1. The summed E-state index contributed by atoms with van der Waals surface area (Å²) in [6.45, 7) is 6.39. The summed E-state index contributed by atoms with van der Waals surface area (Å²) in [5, 5.41) is 2.88. The van der Waals surface area contributed by atoms with Crippen LogP contribution in [-0.4, -0.2) is 62.4 Å². The van der Waals surface area contributed by atoms with Gasteiger partial charge in [-0.2, -0.15) is 0 Å². The summed E-state index contributed by atoms with van der Waals surface area (Å²) in [6.07, 6.45) is 0.743. The number of benzene rings is 1. The number of carbonyl (C=O) groups is 2. The number of ether oxygens (including phenoxy) is 1. The summed E-state index contributed by atoms with van der Waals surface area (Å²) in [5.41, 5.74) is 0.0247. The first-order valence-electron chi connectivity index (χ1n) is 9.32. The maximum absolute atomic E-state index is 12.6. The molecule has 0 atom stereocenters. The van der Waals surface area contributed by atoms with Crippen molar-refractivity contribution in [3.8, 4) is 0 Å². The Morgan fingerprint density at radius 3 is 2.28 bits per heavy atom. The molecule has 0 saturated carbocycles. The predicted octanol–water partition coefficient (Wildman–Crippen LogP) is 3.13. The van der Waals surface area contributed by atoms with Crippen molar-refractivity contribution in [2.75, 3.05) is 32.5 Å². The van der Waals surface area contributed by atoms with Gasteiger partial charge in [0, 0.05) is 36.7 Å². The van der Waals surface area contributed by atoms with Crippen molar-refractivity contribution < 1.29 is 22.7 Å². The first kappa shape index (κ1) is 23.9. The maximum Gasteiger partial charge on any atom is 0.410 e. The molecule has 0 unspecified atom stereocenters. The molecule has 1 aromatic carbocycles. The molecule has 0 aliphatic carbocycles.